The summed E-state index contributed by atoms with van der Waals surface area (Å²) >= 11 is 0. The summed E-state index contributed by atoms with van der Waals surface area (Å²) in [5, 5.41) is 4.18. The van der Waals surface area contributed by atoms with Crippen LogP contribution in [0.15, 0.2) is 53.2 Å². The van der Waals surface area contributed by atoms with E-state index in [1.807, 2.05) is 13.1 Å². The van der Waals surface area contributed by atoms with Crippen LogP contribution in [-0.2, 0) is 6.18 Å². The Morgan fingerprint density at radius 1 is 1.06 bits per heavy atom. The number of halogens is 3. The number of hydrogen-bond acceptors (Lipinski definition) is 4. The average Bonchev–Trinajstić information content (AvgIpc) is 3.56. The van der Waals surface area contributed by atoms with Gasteiger partial charge in [0.15, 0.2) is 0 Å². The summed E-state index contributed by atoms with van der Waals surface area (Å²) < 4.78 is 46.9. The topological polar surface area (TPSA) is 42.2 Å². The molecular weight excluding hydrogens is 439 g/mol. The van der Waals surface area contributed by atoms with Crippen LogP contribution in [0.25, 0.3) is 16.8 Å². The molecule has 4 nitrogen and oxygen atoms in total. The fourth-order valence-corrected chi connectivity index (χ4v) is 5.39. The van der Waals surface area contributed by atoms with E-state index in [-0.39, 0.29) is 16.9 Å². The number of piperidine rings is 1. The van der Waals surface area contributed by atoms with Gasteiger partial charge in [-0.2, -0.15) is 13.2 Å². The predicted octanol–water partition coefficient (Wildman–Crippen LogP) is 7.02. The minimum atomic E-state index is -4.45. The van der Waals surface area contributed by atoms with E-state index in [9.17, 15) is 13.2 Å². The van der Waals surface area contributed by atoms with Gasteiger partial charge < -0.3 is 9.42 Å². The predicted molar refractivity (Wildman–Crippen MR) is 124 cm³/mol. The lowest BCUT2D eigenvalue weighted by atomic mass is 9.63. The summed E-state index contributed by atoms with van der Waals surface area (Å²) in [7, 11) is 0. The largest absolute Gasteiger partial charge is 0.417 e. The van der Waals surface area contributed by atoms with E-state index in [0.717, 1.165) is 79.5 Å². The van der Waals surface area contributed by atoms with Crippen molar-refractivity contribution >= 4 is 11.4 Å². The van der Waals surface area contributed by atoms with Crippen molar-refractivity contribution in [1.82, 2.24) is 10.1 Å². The number of allylic oxidation sites excluding steroid dienone is 2. The van der Waals surface area contributed by atoms with Crippen LogP contribution in [0.3, 0.4) is 0 Å². The van der Waals surface area contributed by atoms with E-state index in [1.54, 1.807) is 6.07 Å². The minimum Gasteiger partial charge on any atom is -0.360 e. The first-order valence-electron chi connectivity index (χ1n) is 11.9. The lowest BCUT2D eigenvalue weighted by Gasteiger charge is -2.46. The molecule has 34 heavy (non-hydrogen) atoms. The monoisotopic (exact) mass is 465 g/mol. The second-order valence-corrected chi connectivity index (χ2v) is 9.98. The van der Waals surface area contributed by atoms with Crippen molar-refractivity contribution in [3.05, 3.63) is 71.1 Å². The highest BCUT2D eigenvalue weighted by atomic mass is 19.4. The molecule has 2 fully saturated rings. The molecule has 0 amide bonds. The standard InChI is InChI=1S/C27H26F3N3O/c1-17-6-9-22(31-16-17)33-12-10-26(11-13-33)14-19(15-26)23-24(32-34-25(23)18-7-8-18)20-4-2-3-5-21(20)27(28,29)30/h2-6,9,14,16,18H,7-8,10-13,15H2,1H3. The van der Waals surface area contributed by atoms with Gasteiger partial charge in [-0.05, 0) is 67.7 Å². The molecule has 3 heterocycles. The van der Waals surface area contributed by atoms with E-state index in [2.05, 4.69) is 33.2 Å². The summed E-state index contributed by atoms with van der Waals surface area (Å²) in [4.78, 5) is 6.87. The maximum absolute atomic E-state index is 13.7. The van der Waals surface area contributed by atoms with Crippen molar-refractivity contribution in [3.63, 3.8) is 0 Å². The molecule has 3 aliphatic rings. The van der Waals surface area contributed by atoms with Gasteiger partial charge in [0.05, 0.1) is 5.56 Å². The quantitative estimate of drug-likeness (QED) is 0.415. The summed E-state index contributed by atoms with van der Waals surface area (Å²) in [5.41, 5.74) is 2.88. The summed E-state index contributed by atoms with van der Waals surface area (Å²) in [6.07, 6.45) is 4.59. The van der Waals surface area contributed by atoms with Crippen molar-refractivity contribution < 1.29 is 17.7 Å². The van der Waals surface area contributed by atoms with E-state index >= 15 is 0 Å². The Morgan fingerprint density at radius 2 is 1.79 bits per heavy atom. The van der Waals surface area contributed by atoms with Gasteiger partial charge in [-0.3, -0.25) is 0 Å². The Balaban J connectivity index is 1.29. The van der Waals surface area contributed by atoms with Crippen LogP contribution in [0, 0.1) is 12.3 Å². The summed E-state index contributed by atoms with van der Waals surface area (Å²) in [5.74, 6) is 2.03. The van der Waals surface area contributed by atoms with Gasteiger partial charge in [0.25, 0.3) is 0 Å². The Morgan fingerprint density at radius 3 is 2.44 bits per heavy atom. The Labute approximate surface area is 196 Å². The number of rotatable bonds is 4. The van der Waals surface area contributed by atoms with Crippen LogP contribution in [0.5, 0.6) is 0 Å². The molecule has 1 spiro atoms. The van der Waals surface area contributed by atoms with Crippen molar-refractivity contribution in [2.24, 2.45) is 5.41 Å². The van der Waals surface area contributed by atoms with Crippen LogP contribution in [-0.4, -0.2) is 23.2 Å². The molecule has 7 heteroatoms. The fraction of sp³-hybridized carbons (Fsp3) is 0.407. The third-order valence-corrected chi connectivity index (χ3v) is 7.48. The number of hydrogen-bond donors (Lipinski definition) is 0. The zero-order valence-corrected chi connectivity index (χ0v) is 19.0. The molecule has 1 saturated heterocycles. The van der Waals surface area contributed by atoms with Crippen molar-refractivity contribution in [3.8, 4) is 11.3 Å². The van der Waals surface area contributed by atoms with Crippen LogP contribution in [0.2, 0.25) is 0 Å². The first-order chi connectivity index (χ1) is 16.3. The molecule has 0 N–H and O–H groups in total. The molecule has 2 aromatic heterocycles. The number of alkyl halides is 3. The lowest BCUT2D eigenvalue weighted by Crippen LogP contribution is -2.42. The Kier molecular flexibility index (Phi) is 4.87. The first kappa shape index (κ1) is 21.4. The molecule has 1 aromatic carbocycles. The van der Waals surface area contributed by atoms with E-state index in [4.69, 9.17) is 4.52 Å². The number of aryl methyl sites for hydroxylation is 1. The molecular formula is C27H26F3N3O. The number of anilines is 1. The molecule has 0 atom stereocenters. The lowest BCUT2D eigenvalue weighted by molar-refractivity contribution is -0.137. The SMILES string of the molecule is Cc1ccc(N2CCC3(C=C(c4c(-c5ccccc5C(F)(F)F)noc4C4CC4)C3)CC2)nc1. The number of aromatic nitrogens is 2. The first-order valence-corrected chi connectivity index (χ1v) is 11.9. The summed E-state index contributed by atoms with van der Waals surface area (Å²) in [6.45, 7) is 3.87. The Hall–Kier alpha value is -3.09. The number of benzene rings is 1. The van der Waals surface area contributed by atoms with Crippen molar-refractivity contribution in [1.29, 1.82) is 0 Å². The van der Waals surface area contributed by atoms with Crippen LogP contribution in [0.4, 0.5) is 19.0 Å². The second-order valence-electron chi connectivity index (χ2n) is 9.98. The molecule has 2 aliphatic carbocycles. The number of pyridine rings is 1. The molecule has 3 aromatic rings. The zero-order valence-electron chi connectivity index (χ0n) is 19.0. The molecule has 176 valence electrons. The minimum absolute atomic E-state index is 0.0927. The van der Waals surface area contributed by atoms with Gasteiger partial charge in [0, 0.05) is 36.3 Å². The van der Waals surface area contributed by atoms with Crippen LogP contribution in [0.1, 0.15) is 60.5 Å². The van der Waals surface area contributed by atoms with Crippen LogP contribution >= 0.6 is 0 Å². The third kappa shape index (κ3) is 3.71. The van der Waals surface area contributed by atoms with E-state index in [0.29, 0.717) is 5.69 Å². The van der Waals surface area contributed by atoms with Gasteiger partial charge in [-0.25, -0.2) is 4.98 Å². The van der Waals surface area contributed by atoms with Gasteiger partial charge in [-0.15, -0.1) is 0 Å². The van der Waals surface area contributed by atoms with Gasteiger partial charge in [0.2, 0.25) is 0 Å². The third-order valence-electron chi connectivity index (χ3n) is 7.48. The fourth-order valence-electron chi connectivity index (χ4n) is 5.39. The van der Waals surface area contributed by atoms with E-state index in [1.165, 1.54) is 12.1 Å². The summed E-state index contributed by atoms with van der Waals surface area (Å²) in [6, 6.07) is 9.82. The second kappa shape index (κ2) is 7.72. The van der Waals surface area contributed by atoms with Crippen LogP contribution < -0.4 is 4.90 Å². The van der Waals surface area contributed by atoms with Gasteiger partial charge in [-0.1, -0.05) is 35.5 Å². The van der Waals surface area contributed by atoms with E-state index < -0.39 is 11.7 Å². The zero-order chi connectivity index (χ0) is 23.5. The molecule has 0 unspecified atom stereocenters. The highest BCUT2D eigenvalue weighted by molar-refractivity contribution is 5.85. The molecule has 1 aliphatic heterocycles. The molecule has 0 bridgehead atoms. The number of nitrogens with zero attached hydrogens (tertiary/aromatic N) is 3. The van der Waals surface area contributed by atoms with Gasteiger partial charge in [0.1, 0.15) is 17.3 Å². The smallest absolute Gasteiger partial charge is 0.360 e. The average molecular weight is 466 g/mol. The molecule has 1 saturated carbocycles. The highest BCUT2D eigenvalue weighted by Crippen LogP contribution is 2.56. The van der Waals surface area contributed by atoms with Crippen molar-refractivity contribution in [2.75, 3.05) is 18.0 Å². The van der Waals surface area contributed by atoms with Gasteiger partial charge >= 0.3 is 6.18 Å². The maximum atomic E-state index is 13.7. The maximum Gasteiger partial charge on any atom is 0.417 e. The Bertz CT molecular complexity index is 1250. The normalized spacial score (nSPS) is 19.8. The molecule has 6 rings (SSSR count). The molecule has 0 radical (unpaired) electrons. The highest BCUT2D eigenvalue weighted by Gasteiger charge is 2.44. The van der Waals surface area contributed by atoms with Crippen molar-refractivity contribution in [2.45, 2.75) is 51.1 Å².